The maximum Gasteiger partial charge on any atom is 0.232 e. The third-order valence-corrected chi connectivity index (χ3v) is 4.90. The van der Waals surface area contributed by atoms with E-state index in [9.17, 15) is 0 Å². The number of rotatable bonds is 4. The standard InChI is InChI=1S/C18H21Cl2N5S/c19-14-7-5-13(6-8-14)12-21-18(26)24-17-22-15(20)11-16(23-17)25-9-3-1-2-4-10-25/h5-8,11H,1-4,9-10,12H2,(H2,21,22,23,24,26). The molecule has 26 heavy (non-hydrogen) atoms. The van der Waals surface area contributed by atoms with Crippen LogP contribution < -0.4 is 15.5 Å². The van der Waals surface area contributed by atoms with E-state index in [-0.39, 0.29) is 0 Å². The molecule has 2 N–H and O–H groups in total. The number of hydrogen-bond acceptors (Lipinski definition) is 4. The fourth-order valence-corrected chi connectivity index (χ4v) is 3.32. The van der Waals surface area contributed by atoms with Crippen LogP contribution in [0.3, 0.4) is 0 Å². The van der Waals surface area contributed by atoms with E-state index in [2.05, 4.69) is 25.5 Å². The number of anilines is 2. The van der Waals surface area contributed by atoms with Crippen LogP contribution in [0.1, 0.15) is 31.2 Å². The Morgan fingerprint density at radius 3 is 2.42 bits per heavy atom. The van der Waals surface area contributed by atoms with E-state index in [1.165, 1.54) is 25.7 Å². The molecule has 1 aromatic heterocycles. The lowest BCUT2D eigenvalue weighted by atomic mass is 10.2. The topological polar surface area (TPSA) is 53.1 Å². The van der Waals surface area contributed by atoms with Gasteiger partial charge < -0.3 is 15.5 Å². The number of halogens is 2. The summed E-state index contributed by atoms with van der Waals surface area (Å²) in [5.74, 6) is 1.25. The minimum Gasteiger partial charge on any atom is -0.358 e. The first kappa shape index (κ1) is 19.1. The van der Waals surface area contributed by atoms with Gasteiger partial charge in [0.1, 0.15) is 11.0 Å². The third-order valence-electron chi connectivity index (χ3n) is 4.20. The Balaban J connectivity index is 1.61. The van der Waals surface area contributed by atoms with Crippen LogP contribution >= 0.6 is 35.4 Å². The van der Waals surface area contributed by atoms with Crippen LogP contribution in [0.2, 0.25) is 10.2 Å². The molecule has 138 valence electrons. The Labute approximate surface area is 169 Å². The first-order valence-corrected chi connectivity index (χ1v) is 9.85. The smallest absolute Gasteiger partial charge is 0.232 e. The number of hydrogen-bond donors (Lipinski definition) is 2. The molecule has 1 aromatic carbocycles. The van der Waals surface area contributed by atoms with Gasteiger partial charge in [0.25, 0.3) is 0 Å². The zero-order valence-corrected chi connectivity index (χ0v) is 16.7. The minimum absolute atomic E-state index is 0.405. The van der Waals surface area contributed by atoms with Gasteiger partial charge in [-0.3, -0.25) is 0 Å². The molecule has 3 rings (SSSR count). The molecule has 0 spiro atoms. The largest absolute Gasteiger partial charge is 0.358 e. The van der Waals surface area contributed by atoms with Gasteiger partial charge in [0.15, 0.2) is 5.11 Å². The molecule has 0 bridgehead atoms. The molecule has 5 nitrogen and oxygen atoms in total. The molecule has 2 aromatic rings. The van der Waals surface area contributed by atoms with Crippen molar-refractivity contribution in [2.75, 3.05) is 23.3 Å². The molecule has 2 heterocycles. The maximum absolute atomic E-state index is 6.19. The summed E-state index contributed by atoms with van der Waals surface area (Å²) in [7, 11) is 0. The monoisotopic (exact) mass is 409 g/mol. The summed E-state index contributed by atoms with van der Waals surface area (Å²) in [6.45, 7) is 2.57. The number of thiocarbonyl (C=S) groups is 1. The molecule has 0 saturated carbocycles. The Morgan fingerprint density at radius 2 is 1.73 bits per heavy atom. The van der Waals surface area contributed by atoms with Crippen molar-refractivity contribution in [1.29, 1.82) is 0 Å². The average Bonchev–Trinajstić information content (AvgIpc) is 2.90. The summed E-state index contributed by atoms with van der Waals surface area (Å²) in [4.78, 5) is 11.1. The number of benzene rings is 1. The molecule has 1 saturated heterocycles. The minimum atomic E-state index is 0.405. The first-order chi connectivity index (χ1) is 12.6. The van der Waals surface area contributed by atoms with Crippen LogP contribution in [0.4, 0.5) is 11.8 Å². The van der Waals surface area contributed by atoms with Crippen molar-refractivity contribution in [3.8, 4) is 0 Å². The molecule has 1 aliphatic rings. The molecule has 1 aliphatic heterocycles. The second-order valence-electron chi connectivity index (χ2n) is 6.21. The van der Waals surface area contributed by atoms with E-state index in [0.29, 0.717) is 27.8 Å². The molecule has 1 fully saturated rings. The lowest BCUT2D eigenvalue weighted by Gasteiger charge is -2.22. The zero-order valence-electron chi connectivity index (χ0n) is 14.3. The van der Waals surface area contributed by atoms with Crippen LogP contribution in [0.25, 0.3) is 0 Å². The average molecular weight is 410 g/mol. The molecule has 0 radical (unpaired) electrons. The number of nitrogens with one attached hydrogen (secondary N) is 2. The van der Waals surface area contributed by atoms with Crippen LogP contribution in [0, 0.1) is 0 Å². The molecular formula is C18H21Cl2N5S. The summed E-state index contributed by atoms with van der Waals surface area (Å²) in [5, 5.41) is 7.72. The number of aromatic nitrogens is 2. The summed E-state index contributed by atoms with van der Waals surface area (Å²) >= 11 is 17.4. The summed E-state index contributed by atoms with van der Waals surface area (Å²) in [6.07, 6.45) is 4.87. The second-order valence-corrected chi connectivity index (χ2v) is 7.44. The first-order valence-electron chi connectivity index (χ1n) is 8.69. The summed E-state index contributed by atoms with van der Waals surface area (Å²) < 4.78 is 0. The van der Waals surface area contributed by atoms with Crippen molar-refractivity contribution in [3.63, 3.8) is 0 Å². The van der Waals surface area contributed by atoms with Crippen LogP contribution in [0.15, 0.2) is 30.3 Å². The van der Waals surface area contributed by atoms with E-state index in [1.807, 2.05) is 30.3 Å². The molecule has 0 amide bonds. The van der Waals surface area contributed by atoms with Gasteiger partial charge >= 0.3 is 0 Å². The van der Waals surface area contributed by atoms with Crippen molar-refractivity contribution < 1.29 is 0 Å². The summed E-state index contributed by atoms with van der Waals surface area (Å²) in [5.41, 5.74) is 1.08. The SMILES string of the molecule is S=C(NCc1ccc(Cl)cc1)Nc1nc(Cl)cc(N2CCCCCC2)n1. The number of nitrogens with zero attached hydrogens (tertiary/aromatic N) is 3. The van der Waals surface area contributed by atoms with Crippen LogP contribution in [-0.2, 0) is 6.54 Å². The predicted molar refractivity (Wildman–Crippen MR) is 112 cm³/mol. The highest BCUT2D eigenvalue weighted by atomic mass is 35.5. The molecule has 0 atom stereocenters. The lowest BCUT2D eigenvalue weighted by Crippen LogP contribution is -2.30. The molecule has 0 aliphatic carbocycles. The van der Waals surface area contributed by atoms with E-state index in [1.54, 1.807) is 0 Å². The fourth-order valence-electron chi connectivity index (χ4n) is 2.85. The van der Waals surface area contributed by atoms with Gasteiger partial charge in [0.2, 0.25) is 5.95 Å². The zero-order chi connectivity index (χ0) is 18.4. The van der Waals surface area contributed by atoms with E-state index in [4.69, 9.17) is 35.4 Å². The third kappa shape index (κ3) is 5.69. The highest BCUT2D eigenvalue weighted by Gasteiger charge is 2.14. The highest BCUT2D eigenvalue weighted by Crippen LogP contribution is 2.21. The van der Waals surface area contributed by atoms with Crippen molar-refractivity contribution >= 4 is 52.3 Å². The highest BCUT2D eigenvalue weighted by molar-refractivity contribution is 7.80. The van der Waals surface area contributed by atoms with Crippen molar-refractivity contribution in [1.82, 2.24) is 15.3 Å². The molecule has 8 heteroatoms. The van der Waals surface area contributed by atoms with Gasteiger partial charge in [-0.2, -0.15) is 4.98 Å². The quantitative estimate of drug-likeness (QED) is 0.565. The van der Waals surface area contributed by atoms with Crippen LogP contribution in [-0.4, -0.2) is 28.2 Å². The Kier molecular flexibility index (Phi) is 6.88. The van der Waals surface area contributed by atoms with Crippen molar-refractivity contribution in [2.24, 2.45) is 0 Å². The van der Waals surface area contributed by atoms with Gasteiger partial charge in [0.05, 0.1) is 0 Å². The Hall–Kier alpha value is -1.63. The predicted octanol–water partition coefficient (Wildman–Crippen LogP) is 4.65. The van der Waals surface area contributed by atoms with Gasteiger partial charge in [-0.05, 0) is 42.8 Å². The van der Waals surface area contributed by atoms with E-state index in [0.717, 1.165) is 24.5 Å². The second kappa shape index (κ2) is 9.35. The van der Waals surface area contributed by atoms with E-state index < -0.39 is 0 Å². The van der Waals surface area contributed by atoms with E-state index >= 15 is 0 Å². The maximum atomic E-state index is 6.19. The van der Waals surface area contributed by atoms with Crippen molar-refractivity contribution in [3.05, 3.63) is 46.1 Å². The lowest BCUT2D eigenvalue weighted by molar-refractivity contribution is 0.726. The Bertz CT molecular complexity index is 746. The van der Waals surface area contributed by atoms with Gasteiger partial charge in [-0.25, -0.2) is 4.98 Å². The summed E-state index contributed by atoms with van der Waals surface area (Å²) in [6, 6.07) is 9.41. The van der Waals surface area contributed by atoms with Gasteiger partial charge in [-0.15, -0.1) is 0 Å². The van der Waals surface area contributed by atoms with Gasteiger partial charge in [-0.1, -0.05) is 48.2 Å². The molecular weight excluding hydrogens is 389 g/mol. The normalized spacial score (nSPS) is 14.6. The van der Waals surface area contributed by atoms with Gasteiger partial charge in [0, 0.05) is 30.7 Å². The Morgan fingerprint density at radius 1 is 1.04 bits per heavy atom. The molecule has 0 unspecified atom stereocenters. The van der Waals surface area contributed by atoms with Crippen molar-refractivity contribution in [2.45, 2.75) is 32.2 Å². The fraction of sp³-hybridized carbons (Fsp3) is 0.389. The van der Waals surface area contributed by atoms with Crippen LogP contribution in [0.5, 0.6) is 0 Å².